The molecule has 7 rings (SSSR count). The molecule has 6 bridgehead atoms. The zero-order valence-corrected chi connectivity index (χ0v) is 19.8. The second-order valence-corrected chi connectivity index (χ2v) is 8.08. The van der Waals surface area contributed by atoms with Gasteiger partial charge in [0.15, 0.2) is 6.61 Å². The fraction of sp³-hybridized carbons (Fsp3) is 0.333. The number of aromatic nitrogens is 3. The van der Waals surface area contributed by atoms with Crippen LogP contribution in [0.2, 0.25) is 0 Å². The van der Waals surface area contributed by atoms with E-state index < -0.39 is 18.8 Å². The number of rotatable bonds is 2. The summed E-state index contributed by atoms with van der Waals surface area (Å²) in [6.07, 6.45) is -3.75. The molecule has 0 aliphatic carbocycles. The van der Waals surface area contributed by atoms with Crippen molar-refractivity contribution in [3.63, 3.8) is 0 Å². The number of ether oxygens (including phenoxy) is 2. The number of alkyl halides is 3. The van der Waals surface area contributed by atoms with Gasteiger partial charge in [-0.3, -0.25) is 4.79 Å². The largest absolute Gasteiger partial charge is 0.494 e. The summed E-state index contributed by atoms with van der Waals surface area (Å²) in [7, 11) is 0. The van der Waals surface area contributed by atoms with Gasteiger partial charge < -0.3 is 30.7 Å². The van der Waals surface area contributed by atoms with E-state index in [0.717, 1.165) is 18.5 Å². The van der Waals surface area contributed by atoms with Gasteiger partial charge >= 0.3 is 12.2 Å². The molecule has 0 radical (unpaired) electrons. The molecule has 0 saturated carbocycles. The number of nitrogens with zero attached hydrogens (tertiary/aromatic N) is 3. The summed E-state index contributed by atoms with van der Waals surface area (Å²) in [4.78, 5) is 24.5. The standard InChI is InChI=1S/C24H26F3N7O3/c25-24(26,27)15-37-23-33-21-30-14-16-2-8-19(9-3-16)36-13-1-10-28-11-12-29-20(35)17-4-6-18(7-5-17)31-22(32-21)34-23/h2-9,28H,1,10-15H2,(H,29,35)(H2,30,31,32,33,34). The van der Waals surface area contributed by atoms with Crippen LogP contribution in [-0.4, -0.2) is 59.9 Å². The fourth-order valence-corrected chi connectivity index (χ4v) is 3.30. The number of anilines is 3. The van der Waals surface area contributed by atoms with Gasteiger partial charge in [-0.25, -0.2) is 0 Å². The van der Waals surface area contributed by atoms with Crippen LogP contribution in [0.4, 0.5) is 30.8 Å². The maximum atomic E-state index is 12.7. The van der Waals surface area contributed by atoms with Crippen LogP contribution in [0.25, 0.3) is 0 Å². The highest BCUT2D eigenvalue weighted by molar-refractivity contribution is 5.94. The molecule has 0 spiro atoms. The van der Waals surface area contributed by atoms with Gasteiger partial charge in [0.1, 0.15) is 5.75 Å². The Balaban J connectivity index is 1.55. The normalized spacial score (nSPS) is 15.2. The van der Waals surface area contributed by atoms with Gasteiger partial charge in [-0.2, -0.15) is 28.1 Å². The van der Waals surface area contributed by atoms with Crippen molar-refractivity contribution in [2.75, 3.05) is 43.5 Å². The Morgan fingerprint density at radius 3 is 2.41 bits per heavy atom. The van der Waals surface area contributed by atoms with Crippen molar-refractivity contribution in [1.82, 2.24) is 25.6 Å². The zero-order chi connectivity index (χ0) is 26.1. The quantitative estimate of drug-likeness (QED) is 0.406. The molecular weight excluding hydrogens is 491 g/mol. The van der Waals surface area contributed by atoms with Crippen LogP contribution in [-0.2, 0) is 6.54 Å². The van der Waals surface area contributed by atoms with Crippen molar-refractivity contribution in [2.45, 2.75) is 19.1 Å². The lowest BCUT2D eigenvalue weighted by atomic mass is 10.2. The Bertz CT molecular complexity index is 1180. The predicted molar refractivity (Wildman–Crippen MR) is 130 cm³/mol. The van der Waals surface area contributed by atoms with E-state index in [4.69, 9.17) is 9.47 Å². The van der Waals surface area contributed by atoms with E-state index in [2.05, 4.69) is 36.2 Å². The number of nitrogens with one attached hydrogen (secondary N) is 4. The highest BCUT2D eigenvalue weighted by Gasteiger charge is 2.29. The molecule has 0 fully saturated rings. The topological polar surface area (TPSA) is 122 Å². The lowest BCUT2D eigenvalue weighted by molar-refractivity contribution is -0.154. The molecule has 0 atom stereocenters. The van der Waals surface area contributed by atoms with Gasteiger partial charge in [-0.15, -0.1) is 0 Å². The second kappa shape index (κ2) is 12.2. The molecule has 4 aliphatic rings. The van der Waals surface area contributed by atoms with Crippen LogP contribution in [0.1, 0.15) is 22.3 Å². The summed E-state index contributed by atoms with van der Waals surface area (Å²) in [5.41, 5.74) is 1.85. The van der Waals surface area contributed by atoms with Gasteiger partial charge in [0.05, 0.1) is 6.61 Å². The third kappa shape index (κ3) is 8.49. The van der Waals surface area contributed by atoms with Gasteiger partial charge in [0, 0.05) is 30.9 Å². The Morgan fingerprint density at radius 1 is 0.892 bits per heavy atom. The van der Waals surface area contributed by atoms with E-state index in [9.17, 15) is 18.0 Å². The van der Waals surface area contributed by atoms with E-state index >= 15 is 0 Å². The van der Waals surface area contributed by atoms with E-state index in [-0.39, 0.29) is 17.8 Å². The lowest BCUT2D eigenvalue weighted by Gasteiger charge is -2.12. The number of benzene rings is 2. The third-order valence-corrected chi connectivity index (χ3v) is 5.11. The molecule has 13 heteroatoms. The average molecular weight is 518 g/mol. The minimum absolute atomic E-state index is 0.0249. The van der Waals surface area contributed by atoms with E-state index in [1.807, 2.05) is 24.3 Å². The summed E-state index contributed by atoms with van der Waals surface area (Å²) in [6, 6.07) is 13.4. The molecule has 0 saturated heterocycles. The minimum Gasteiger partial charge on any atom is -0.494 e. The second-order valence-electron chi connectivity index (χ2n) is 8.08. The van der Waals surface area contributed by atoms with Crippen molar-refractivity contribution in [1.29, 1.82) is 0 Å². The number of hydrogen-bond donors (Lipinski definition) is 4. The van der Waals surface area contributed by atoms with Crippen LogP contribution in [0.5, 0.6) is 11.8 Å². The first kappa shape index (κ1) is 25.9. The molecule has 5 heterocycles. The Kier molecular flexibility index (Phi) is 8.56. The van der Waals surface area contributed by atoms with Crippen molar-refractivity contribution < 1.29 is 27.4 Å². The molecule has 37 heavy (non-hydrogen) atoms. The molecule has 196 valence electrons. The van der Waals surface area contributed by atoms with Crippen molar-refractivity contribution in [2.24, 2.45) is 0 Å². The van der Waals surface area contributed by atoms with Gasteiger partial charge in [-0.05, 0) is 54.9 Å². The maximum Gasteiger partial charge on any atom is 0.422 e. The first-order valence-corrected chi connectivity index (χ1v) is 11.6. The maximum absolute atomic E-state index is 12.7. The summed E-state index contributed by atoms with van der Waals surface area (Å²) in [6.45, 7) is 1.12. The molecule has 0 unspecified atom stereocenters. The number of halogens is 3. The molecule has 4 aliphatic heterocycles. The average Bonchev–Trinajstić information content (AvgIpc) is 2.88. The molecule has 1 aromatic heterocycles. The van der Waals surface area contributed by atoms with Crippen molar-refractivity contribution in [3.8, 4) is 11.8 Å². The van der Waals surface area contributed by atoms with Gasteiger partial charge in [-0.1, -0.05) is 12.1 Å². The lowest BCUT2D eigenvalue weighted by Crippen LogP contribution is -2.32. The summed E-state index contributed by atoms with van der Waals surface area (Å²) < 4.78 is 48.5. The van der Waals surface area contributed by atoms with Crippen LogP contribution in [0.15, 0.2) is 48.5 Å². The third-order valence-electron chi connectivity index (χ3n) is 5.11. The van der Waals surface area contributed by atoms with Crippen LogP contribution >= 0.6 is 0 Å². The van der Waals surface area contributed by atoms with Crippen molar-refractivity contribution >= 4 is 23.5 Å². The Morgan fingerprint density at radius 2 is 1.65 bits per heavy atom. The number of carbonyl (C=O) groups excluding carboxylic acids is 1. The van der Waals surface area contributed by atoms with Crippen LogP contribution in [0.3, 0.4) is 0 Å². The van der Waals surface area contributed by atoms with E-state index in [1.54, 1.807) is 24.3 Å². The predicted octanol–water partition coefficient (Wildman–Crippen LogP) is 3.27. The number of carbonyl (C=O) groups is 1. The summed E-state index contributed by atoms with van der Waals surface area (Å²) in [5.74, 6) is 0.484. The smallest absolute Gasteiger partial charge is 0.422 e. The molecule has 10 nitrogen and oxygen atoms in total. The SMILES string of the molecule is O=C1NCCNCCCOc2ccc(cc2)CNc2nc(nc(OCC(F)(F)F)n2)Nc2ccc1cc2. The summed E-state index contributed by atoms with van der Waals surface area (Å²) >= 11 is 0. The molecular formula is C24H26F3N7O3. The van der Waals surface area contributed by atoms with E-state index in [0.29, 0.717) is 43.2 Å². The summed E-state index contributed by atoms with van der Waals surface area (Å²) in [5, 5.41) is 12.0. The zero-order valence-electron chi connectivity index (χ0n) is 19.8. The molecule has 3 aromatic rings. The van der Waals surface area contributed by atoms with Crippen LogP contribution < -0.4 is 30.7 Å². The van der Waals surface area contributed by atoms with E-state index in [1.165, 1.54) is 0 Å². The molecule has 4 N–H and O–H groups in total. The highest BCUT2D eigenvalue weighted by atomic mass is 19.4. The minimum atomic E-state index is -4.55. The Labute approximate surface area is 211 Å². The Hall–Kier alpha value is -4.13. The first-order chi connectivity index (χ1) is 17.8. The highest BCUT2D eigenvalue weighted by Crippen LogP contribution is 2.21. The first-order valence-electron chi connectivity index (χ1n) is 11.6. The van der Waals surface area contributed by atoms with Gasteiger partial charge in [0.25, 0.3) is 5.91 Å². The van der Waals surface area contributed by atoms with Crippen LogP contribution in [0, 0.1) is 0 Å². The monoisotopic (exact) mass is 517 g/mol. The molecule has 2 aromatic carbocycles. The fourth-order valence-electron chi connectivity index (χ4n) is 3.30. The molecule has 1 amide bonds. The number of amides is 1. The number of hydrogen-bond acceptors (Lipinski definition) is 9. The van der Waals surface area contributed by atoms with Gasteiger partial charge in [0.2, 0.25) is 11.9 Å². The van der Waals surface area contributed by atoms with Crippen molar-refractivity contribution in [3.05, 3.63) is 59.7 Å².